The van der Waals surface area contributed by atoms with Gasteiger partial charge in [-0.2, -0.15) is 0 Å². The molecule has 0 aromatic heterocycles. The second kappa shape index (κ2) is 10.4. The van der Waals surface area contributed by atoms with Gasteiger partial charge in [-0.1, -0.05) is 44.4 Å². The molecule has 5 heteroatoms. The zero-order valence-corrected chi connectivity index (χ0v) is 16.0. The molecule has 1 saturated heterocycles. The van der Waals surface area contributed by atoms with Gasteiger partial charge in [0.25, 0.3) is 0 Å². The van der Waals surface area contributed by atoms with Crippen molar-refractivity contribution >= 4 is 17.7 Å². The minimum atomic E-state index is -0.736. The highest BCUT2D eigenvalue weighted by Gasteiger charge is 2.45. The number of aliphatic carboxylic acids is 1. The summed E-state index contributed by atoms with van der Waals surface area (Å²) >= 11 is 1.86. The number of unbranched alkanes of at least 4 members (excludes halogenated alkanes) is 3. The summed E-state index contributed by atoms with van der Waals surface area (Å²) in [5.74, 6) is -0.173. The zero-order valence-electron chi connectivity index (χ0n) is 15.1. The highest BCUT2D eigenvalue weighted by molar-refractivity contribution is 8.04. The van der Waals surface area contributed by atoms with Gasteiger partial charge < -0.3 is 15.3 Å². The maximum Gasteiger partial charge on any atom is 0.303 e. The molecule has 1 aliphatic carbocycles. The molecule has 0 amide bonds. The molecule has 25 heavy (non-hydrogen) atoms. The Morgan fingerprint density at radius 1 is 1.36 bits per heavy atom. The van der Waals surface area contributed by atoms with E-state index >= 15 is 0 Å². The smallest absolute Gasteiger partial charge is 0.303 e. The summed E-state index contributed by atoms with van der Waals surface area (Å²) in [7, 11) is 0. The Morgan fingerprint density at radius 3 is 2.88 bits per heavy atom. The fraction of sp³-hybridized carbons (Fsp3) is 0.750. The number of fused-ring (bicyclic) bond motifs is 1. The highest BCUT2D eigenvalue weighted by atomic mass is 32.2. The number of carboxylic acids is 1. The second-order valence-electron chi connectivity index (χ2n) is 7.31. The summed E-state index contributed by atoms with van der Waals surface area (Å²) in [4.78, 5) is 11.9. The molecule has 4 nitrogen and oxygen atoms in total. The maximum atomic E-state index is 10.6. The van der Waals surface area contributed by atoms with Crippen molar-refractivity contribution in [1.29, 1.82) is 0 Å². The van der Waals surface area contributed by atoms with E-state index in [9.17, 15) is 15.0 Å². The Bertz CT molecular complexity index is 488. The molecule has 1 aliphatic heterocycles. The number of hydrogen-bond donors (Lipinski definition) is 3. The fourth-order valence-electron chi connectivity index (χ4n) is 3.86. The van der Waals surface area contributed by atoms with Gasteiger partial charge in [0.05, 0.1) is 12.2 Å². The highest BCUT2D eigenvalue weighted by Crippen LogP contribution is 2.53. The Morgan fingerprint density at radius 2 is 2.16 bits per heavy atom. The molecule has 1 heterocycles. The van der Waals surface area contributed by atoms with Crippen LogP contribution in [-0.4, -0.2) is 38.7 Å². The van der Waals surface area contributed by atoms with Gasteiger partial charge in [0, 0.05) is 17.6 Å². The zero-order chi connectivity index (χ0) is 18.2. The molecule has 0 aromatic carbocycles. The predicted molar refractivity (Wildman–Crippen MR) is 102 cm³/mol. The monoisotopic (exact) mass is 368 g/mol. The largest absolute Gasteiger partial charge is 0.481 e. The third-order valence-corrected chi connectivity index (χ3v) is 6.74. The van der Waals surface area contributed by atoms with Crippen molar-refractivity contribution in [1.82, 2.24) is 0 Å². The third-order valence-electron chi connectivity index (χ3n) is 5.26. The summed E-state index contributed by atoms with van der Waals surface area (Å²) in [5.41, 5.74) is 0. The standard InChI is InChI=1S/C20H32O4S/c1-2-3-4-7-14(21)10-11-16-17-12-15(8-5-6-9-20(23)24)25-19(17)13-18(16)22/h8,10-11,14,16-19,21-22H,2-7,9,12-13H2,1H3,(H,23,24). The topological polar surface area (TPSA) is 77.8 Å². The van der Waals surface area contributed by atoms with Gasteiger partial charge >= 0.3 is 5.97 Å². The minimum Gasteiger partial charge on any atom is -0.481 e. The first-order valence-electron chi connectivity index (χ1n) is 9.63. The molecular formula is C20H32O4S. The van der Waals surface area contributed by atoms with E-state index in [-0.39, 0.29) is 18.4 Å². The van der Waals surface area contributed by atoms with Crippen LogP contribution < -0.4 is 0 Å². The first-order chi connectivity index (χ1) is 12.0. The molecule has 3 N–H and O–H groups in total. The molecule has 2 fully saturated rings. The van der Waals surface area contributed by atoms with Gasteiger partial charge in [-0.3, -0.25) is 4.79 Å². The van der Waals surface area contributed by atoms with Crippen molar-refractivity contribution in [2.24, 2.45) is 11.8 Å². The lowest BCUT2D eigenvalue weighted by molar-refractivity contribution is -0.137. The van der Waals surface area contributed by atoms with Crippen LogP contribution in [0.15, 0.2) is 23.1 Å². The average molecular weight is 369 g/mol. The maximum absolute atomic E-state index is 10.6. The number of thioether (sulfide) groups is 1. The molecular weight excluding hydrogens is 336 g/mol. The Labute approximate surface area is 155 Å². The van der Waals surface area contributed by atoms with Crippen molar-refractivity contribution < 1.29 is 20.1 Å². The van der Waals surface area contributed by atoms with Crippen molar-refractivity contribution in [3.05, 3.63) is 23.1 Å². The van der Waals surface area contributed by atoms with Crippen LogP contribution in [0.5, 0.6) is 0 Å². The van der Waals surface area contributed by atoms with Gasteiger partial charge in [0.2, 0.25) is 0 Å². The van der Waals surface area contributed by atoms with E-state index in [4.69, 9.17) is 5.11 Å². The van der Waals surface area contributed by atoms with Crippen molar-refractivity contribution in [2.45, 2.75) is 82.2 Å². The van der Waals surface area contributed by atoms with E-state index < -0.39 is 12.1 Å². The number of allylic oxidation sites excluding steroid dienone is 2. The van der Waals surface area contributed by atoms with Gasteiger partial charge in [-0.05, 0) is 42.9 Å². The normalized spacial score (nSPS) is 31.7. The molecule has 0 radical (unpaired) electrons. The van der Waals surface area contributed by atoms with Crippen molar-refractivity contribution in [3.8, 4) is 0 Å². The number of carboxylic acid groups (broad SMARTS) is 1. The van der Waals surface area contributed by atoms with Crippen LogP contribution in [0.4, 0.5) is 0 Å². The summed E-state index contributed by atoms with van der Waals surface area (Å²) in [6, 6.07) is 0. The quantitative estimate of drug-likeness (QED) is 0.399. The number of hydrogen-bond acceptors (Lipinski definition) is 4. The number of aliphatic hydroxyl groups is 2. The molecule has 0 aromatic rings. The Balaban J connectivity index is 1.83. The number of carbonyl (C=O) groups is 1. The predicted octanol–water partition coefficient (Wildman–Crippen LogP) is 4.13. The Hall–Kier alpha value is -0.780. The molecule has 1 saturated carbocycles. The van der Waals surface area contributed by atoms with E-state index in [1.807, 2.05) is 23.9 Å². The average Bonchev–Trinajstić information content (AvgIpc) is 3.06. The number of rotatable bonds is 10. The molecule has 2 aliphatic rings. The van der Waals surface area contributed by atoms with Crippen LogP contribution in [0.2, 0.25) is 0 Å². The van der Waals surface area contributed by atoms with Crippen LogP contribution in [0, 0.1) is 11.8 Å². The van der Waals surface area contributed by atoms with Crippen LogP contribution in [0.1, 0.15) is 64.7 Å². The first-order valence-corrected chi connectivity index (χ1v) is 10.5. The van der Waals surface area contributed by atoms with Crippen LogP contribution in [0.25, 0.3) is 0 Å². The summed E-state index contributed by atoms with van der Waals surface area (Å²) in [6.07, 6.45) is 13.0. The fourth-order valence-corrected chi connectivity index (χ4v) is 5.49. The van der Waals surface area contributed by atoms with Crippen molar-refractivity contribution in [2.75, 3.05) is 0 Å². The van der Waals surface area contributed by atoms with Crippen LogP contribution in [-0.2, 0) is 4.79 Å². The molecule has 0 spiro atoms. The van der Waals surface area contributed by atoms with E-state index in [0.29, 0.717) is 17.6 Å². The van der Waals surface area contributed by atoms with Gasteiger partial charge in [-0.25, -0.2) is 0 Å². The summed E-state index contributed by atoms with van der Waals surface area (Å²) < 4.78 is 0. The SMILES string of the molecule is CCCCCC(O)C=CC1C(O)CC2SC(=CCCCC(=O)O)CC21. The van der Waals surface area contributed by atoms with Gasteiger partial charge in [0.15, 0.2) is 0 Å². The third kappa shape index (κ3) is 6.46. The molecule has 2 rings (SSSR count). The lowest BCUT2D eigenvalue weighted by Crippen LogP contribution is -2.17. The lowest BCUT2D eigenvalue weighted by atomic mass is 9.90. The molecule has 142 valence electrons. The number of aliphatic hydroxyl groups excluding tert-OH is 2. The van der Waals surface area contributed by atoms with E-state index in [2.05, 4.69) is 13.0 Å². The van der Waals surface area contributed by atoms with E-state index in [0.717, 1.165) is 44.9 Å². The first kappa shape index (κ1) is 20.5. The summed E-state index contributed by atoms with van der Waals surface area (Å²) in [5, 5.41) is 29.6. The Kier molecular flexibility index (Phi) is 8.53. The lowest BCUT2D eigenvalue weighted by Gasteiger charge is -2.17. The molecule has 0 bridgehead atoms. The van der Waals surface area contributed by atoms with E-state index in [1.54, 1.807) is 0 Å². The van der Waals surface area contributed by atoms with Crippen LogP contribution in [0.3, 0.4) is 0 Å². The van der Waals surface area contributed by atoms with Crippen LogP contribution >= 0.6 is 11.8 Å². The molecule has 5 unspecified atom stereocenters. The van der Waals surface area contributed by atoms with Gasteiger partial charge in [0.1, 0.15) is 0 Å². The van der Waals surface area contributed by atoms with Gasteiger partial charge in [-0.15, -0.1) is 11.8 Å². The second-order valence-corrected chi connectivity index (χ2v) is 8.67. The summed E-state index contributed by atoms with van der Waals surface area (Å²) in [6.45, 7) is 2.15. The molecule has 5 atom stereocenters. The minimum absolute atomic E-state index is 0.128. The van der Waals surface area contributed by atoms with E-state index in [1.165, 1.54) is 4.91 Å². The van der Waals surface area contributed by atoms with Crippen molar-refractivity contribution in [3.63, 3.8) is 0 Å².